The Balaban J connectivity index is 1.73. The SMILES string of the molecule is CCOC(=O)c1ccc(N2CCCN(S(=O)(=O)c3ccc([N+](=O)[O-])cc3C)CC2)nc1. The van der Waals surface area contributed by atoms with Crippen molar-refractivity contribution in [2.75, 3.05) is 37.7 Å². The summed E-state index contributed by atoms with van der Waals surface area (Å²) in [5, 5.41) is 10.9. The molecule has 0 amide bonds. The van der Waals surface area contributed by atoms with Crippen LogP contribution in [0.3, 0.4) is 0 Å². The molecule has 0 atom stereocenters. The number of nitrogens with zero attached hydrogens (tertiary/aromatic N) is 4. The molecule has 3 rings (SSSR count). The first kappa shape index (κ1) is 22.6. The van der Waals surface area contributed by atoms with E-state index in [4.69, 9.17) is 4.74 Å². The number of aromatic nitrogens is 1. The van der Waals surface area contributed by atoms with E-state index in [0.717, 1.165) is 0 Å². The molecule has 0 saturated carbocycles. The highest BCUT2D eigenvalue weighted by atomic mass is 32.2. The van der Waals surface area contributed by atoms with Gasteiger partial charge in [-0.3, -0.25) is 10.1 Å². The van der Waals surface area contributed by atoms with E-state index in [-0.39, 0.29) is 23.7 Å². The highest BCUT2D eigenvalue weighted by Gasteiger charge is 2.29. The largest absolute Gasteiger partial charge is 0.462 e. The van der Waals surface area contributed by atoms with Gasteiger partial charge < -0.3 is 9.64 Å². The van der Waals surface area contributed by atoms with Gasteiger partial charge in [-0.05, 0) is 44.0 Å². The zero-order valence-corrected chi connectivity index (χ0v) is 18.2. The van der Waals surface area contributed by atoms with Crippen LogP contribution in [-0.2, 0) is 14.8 Å². The van der Waals surface area contributed by atoms with Crippen LogP contribution in [0.1, 0.15) is 29.3 Å². The van der Waals surface area contributed by atoms with Crippen molar-refractivity contribution in [1.29, 1.82) is 0 Å². The molecule has 31 heavy (non-hydrogen) atoms. The summed E-state index contributed by atoms with van der Waals surface area (Å²) in [7, 11) is -3.79. The molecular weight excluding hydrogens is 424 g/mol. The maximum absolute atomic E-state index is 13.1. The number of carbonyl (C=O) groups is 1. The van der Waals surface area contributed by atoms with Gasteiger partial charge in [-0.1, -0.05) is 0 Å². The lowest BCUT2D eigenvalue weighted by molar-refractivity contribution is -0.385. The Hall–Kier alpha value is -3.05. The molecule has 0 bridgehead atoms. The standard InChI is InChI=1S/C20H24N4O6S/c1-3-30-20(25)16-5-8-19(21-14-16)22-9-4-10-23(12-11-22)31(28,29)18-7-6-17(24(26)27)13-15(18)2/h5-8,13-14H,3-4,9-12H2,1-2H3. The molecule has 0 radical (unpaired) electrons. The van der Waals surface area contributed by atoms with Gasteiger partial charge in [0, 0.05) is 44.5 Å². The van der Waals surface area contributed by atoms with Crippen LogP contribution in [-0.4, -0.2) is 61.4 Å². The summed E-state index contributed by atoms with van der Waals surface area (Å²) in [6.07, 6.45) is 2.04. The van der Waals surface area contributed by atoms with Crippen LogP contribution >= 0.6 is 0 Å². The van der Waals surface area contributed by atoms with Crippen molar-refractivity contribution >= 4 is 27.5 Å². The molecule has 2 aromatic rings. The number of nitro groups is 1. The van der Waals surface area contributed by atoms with Crippen molar-refractivity contribution in [2.45, 2.75) is 25.2 Å². The second-order valence-corrected chi connectivity index (χ2v) is 8.98. The van der Waals surface area contributed by atoms with Gasteiger partial charge in [-0.2, -0.15) is 4.31 Å². The lowest BCUT2D eigenvalue weighted by Gasteiger charge is -2.23. The summed E-state index contributed by atoms with van der Waals surface area (Å²) in [5.74, 6) is 0.215. The van der Waals surface area contributed by atoms with Gasteiger partial charge in [-0.25, -0.2) is 18.2 Å². The number of benzene rings is 1. The summed E-state index contributed by atoms with van der Waals surface area (Å²) in [6.45, 7) is 5.18. The summed E-state index contributed by atoms with van der Waals surface area (Å²) < 4.78 is 32.6. The van der Waals surface area contributed by atoms with Crippen LogP contribution in [0.4, 0.5) is 11.5 Å². The van der Waals surface area contributed by atoms with Crippen molar-refractivity contribution in [3.63, 3.8) is 0 Å². The Morgan fingerprint density at radius 2 is 1.97 bits per heavy atom. The molecule has 1 fully saturated rings. The number of ether oxygens (including phenoxy) is 1. The zero-order valence-electron chi connectivity index (χ0n) is 17.4. The molecule has 0 aliphatic carbocycles. The van der Waals surface area contributed by atoms with Crippen LogP contribution < -0.4 is 4.90 Å². The minimum Gasteiger partial charge on any atom is -0.462 e. The molecule has 0 N–H and O–H groups in total. The fourth-order valence-electron chi connectivity index (χ4n) is 3.45. The van der Waals surface area contributed by atoms with Gasteiger partial charge in [-0.15, -0.1) is 0 Å². The summed E-state index contributed by atoms with van der Waals surface area (Å²) in [6, 6.07) is 7.13. The molecule has 1 aliphatic rings. The van der Waals surface area contributed by atoms with Gasteiger partial charge in [0.2, 0.25) is 10.0 Å². The monoisotopic (exact) mass is 448 g/mol. The van der Waals surface area contributed by atoms with Crippen molar-refractivity contribution in [3.05, 3.63) is 57.8 Å². The second kappa shape index (κ2) is 9.40. The van der Waals surface area contributed by atoms with E-state index in [0.29, 0.717) is 43.0 Å². The molecule has 2 heterocycles. The minimum absolute atomic E-state index is 0.0727. The third-order valence-electron chi connectivity index (χ3n) is 5.03. The Bertz CT molecular complexity index is 1070. The lowest BCUT2D eigenvalue weighted by Crippen LogP contribution is -2.35. The van der Waals surface area contributed by atoms with E-state index >= 15 is 0 Å². The molecule has 166 valence electrons. The molecule has 1 aliphatic heterocycles. The predicted octanol–water partition coefficient (Wildman–Crippen LogP) is 2.38. The first-order valence-corrected chi connectivity index (χ1v) is 11.3. The van der Waals surface area contributed by atoms with Gasteiger partial charge in [0.05, 0.1) is 22.0 Å². The normalized spacial score (nSPS) is 15.4. The number of esters is 1. The number of nitro benzene ring substituents is 1. The number of rotatable bonds is 6. The van der Waals surface area contributed by atoms with Gasteiger partial charge in [0.1, 0.15) is 5.82 Å². The molecule has 1 aromatic heterocycles. The number of non-ortho nitro benzene ring substituents is 1. The smallest absolute Gasteiger partial charge is 0.339 e. The van der Waals surface area contributed by atoms with Crippen molar-refractivity contribution < 1.29 is 22.9 Å². The Labute approximate surface area is 180 Å². The number of anilines is 1. The topological polar surface area (TPSA) is 123 Å². The second-order valence-electron chi connectivity index (χ2n) is 7.08. The molecule has 1 saturated heterocycles. The van der Waals surface area contributed by atoms with Crippen LogP contribution in [0, 0.1) is 17.0 Å². The Morgan fingerprint density at radius 1 is 1.19 bits per heavy atom. The van der Waals surface area contributed by atoms with Crippen LogP contribution in [0.2, 0.25) is 0 Å². The first-order valence-electron chi connectivity index (χ1n) is 9.87. The number of pyridine rings is 1. The predicted molar refractivity (Wildman–Crippen MR) is 114 cm³/mol. The average molecular weight is 449 g/mol. The average Bonchev–Trinajstić information content (AvgIpc) is 3.00. The summed E-state index contributed by atoms with van der Waals surface area (Å²) >= 11 is 0. The van der Waals surface area contributed by atoms with Gasteiger partial charge in [0.15, 0.2) is 0 Å². The molecule has 10 nitrogen and oxygen atoms in total. The van der Waals surface area contributed by atoms with E-state index in [1.807, 2.05) is 4.90 Å². The fourth-order valence-corrected chi connectivity index (χ4v) is 5.12. The highest BCUT2D eigenvalue weighted by Crippen LogP contribution is 2.25. The molecule has 11 heteroatoms. The number of hydrogen-bond donors (Lipinski definition) is 0. The van der Waals surface area contributed by atoms with E-state index in [1.54, 1.807) is 26.0 Å². The van der Waals surface area contributed by atoms with Crippen molar-refractivity contribution in [2.24, 2.45) is 0 Å². The molecular formula is C20H24N4O6S. The van der Waals surface area contributed by atoms with Crippen LogP contribution in [0.5, 0.6) is 0 Å². The summed E-state index contributed by atoms with van der Waals surface area (Å²) in [5.41, 5.74) is 0.556. The molecule has 1 aromatic carbocycles. The number of aryl methyl sites for hydroxylation is 1. The molecule has 0 spiro atoms. The fraction of sp³-hybridized carbons (Fsp3) is 0.400. The van der Waals surface area contributed by atoms with Crippen molar-refractivity contribution in [3.8, 4) is 0 Å². The molecule has 0 unspecified atom stereocenters. The minimum atomic E-state index is -3.79. The number of sulfonamides is 1. The highest BCUT2D eigenvalue weighted by molar-refractivity contribution is 7.89. The van der Waals surface area contributed by atoms with Crippen LogP contribution in [0.25, 0.3) is 0 Å². The quantitative estimate of drug-likeness (QED) is 0.375. The van der Waals surface area contributed by atoms with Crippen LogP contribution in [0.15, 0.2) is 41.4 Å². The number of hydrogen-bond acceptors (Lipinski definition) is 8. The first-order chi connectivity index (χ1) is 14.7. The van der Waals surface area contributed by atoms with Crippen molar-refractivity contribution in [1.82, 2.24) is 9.29 Å². The van der Waals surface area contributed by atoms with E-state index in [9.17, 15) is 23.3 Å². The van der Waals surface area contributed by atoms with E-state index in [2.05, 4.69) is 4.98 Å². The van der Waals surface area contributed by atoms with E-state index < -0.39 is 20.9 Å². The number of carbonyl (C=O) groups excluding carboxylic acids is 1. The van der Waals surface area contributed by atoms with Gasteiger partial charge >= 0.3 is 5.97 Å². The lowest BCUT2D eigenvalue weighted by atomic mass is 10.2. The zero-order chi connectivity index (χ0) is 22.6. The Morgan fingerprint density at radius 3 is 2.58 bits per heavy atom. The maximum Gasteiger partial charge on any atom is 0.339 e. The van der Waals surface area contributed by atoms with E-state index in [1.165, 1.54) is 28.7 Å². The third-order valence-corrected chi connectivity index (χ3v) is 7.08. The Kier molecular flexibility index (Phi) is 6.86. The van der Waals surface area contributed by atoms with Gasteiger partial charge in [0.25, 0.3) is 5.69 Å². The summed E-state index contributed by atoms with van der Waals surface area (Å²) in [4.78, 5) is 28.5. The maximum atomic E-state index is 13.1. The third kappa shape index (κ3) is 5.00.